The minimum absolute atomic E-state index is 0.0894. The van der Waals surface area contributed by atoms with E-state index >= 15 is 0 Å². The Morgan fingerprint density at radius 2 is 1.90 bits per heavy atom. The summed E-state index contributed by atoms with van der Waals surface area (Å²) >= 11 is 0. The fraction of sp³-hybridized carbons (Fsp3) is 0.583. The van der Waals surface area contributed by atoms with Gasteiger partial charge < -0.3 is 14.6 Å². The van der Waals surface area contributed by atoms with E-state index in [0.717, 1.165) is 61.6 Å². The Morgan fingerprint density at radius 3 is 2.62 bits per heavy atom. The first-order valence-electron chi connectivity index (χ1n) is 11.0. The number of nitrogens with zero attached hydrogens (tertiary/aromatic N) is 1. The lowest BCUT2D eigenvalue weighted by Crippen LogP contribution is -2.42. The molecule has 29 heavy (non-hydrogen) atoms. The van der Waals surface area contributed by atoms with Crippen LogP contribution in [0.5, 0.6) is 0 Å². The van der Waals surface area contributed by atoms with Crippen LogP contribution in [0.2, 0.25) is 0 Å². The molecule has 0 unspecified atom stereocenters. The van der Waals surface area contributed by atoms with Gasteiger partial charge in [0, 0.05) is 24.6 Å². The lowest BCUT2D eigenvalue weighted by Gasteiger charge is -2.31. The molecule has 4 rings (SSSR count). The van der Waals surface area contributed by atoms with Gasteiger partial charge in [0.05, 0.1) is 18.2 Å². The third-order valence-corrected chi connectivity index (χ3v) is 6.45. The number of carbonyl (C=O) groups excluding carboxylic acids is 1. The van der Waals surface area contributed by atoms with Crippen LogP contribution in [0.3, 0.4) is 0 Å². The van der Waals surface area contributed by atoms with Crippen molar-refractivity contribution in [2.75, 3.05) is 13.2 Å². The number of benzene rings is 1. The number of hydrogen-bond donors (Lipinski definition) is 1. The zero-order valence-electron chi connectivity index (χ0n) is 17.6. The molecule has 5 heteroatoms. The van der Waals surface area contributed by atoms with E-state index in [1.807, 2.05) is 17.9 Å². The molecule has 2 heterocycles. The van der Waals surface area contributed by atoms with Gasteiger partial charge in [0.25, 0.3) is 5.56 Å². The average Bonchev–Trinajstić information content (AvgIpc) is 3.22. The number of amides is 1. The number of aryl methyl sites for hydroxylation is 2. The maximum Gasteiger partial charge on any atom is 0.253 e. The molecule has 1 saturated heterocycles. The molecule has 1 aromatic heterocycles. The Morgan fingerprint density at radius 1 is 1.10 bits per heavy atom. The van der Waals surface area contributed by atoms with Crippen molar-refractivity contribution in [3.05, 3.63) is 45.2 Å². The molecule has 2 aliphatic rings. The number of nitrogens with one attached hydrogen (secondary N) is 1. The van der Waals surface area contributed by atoms with Gasteiger partial charge in [-0.3, -0.25) is 9.59 Å². The summed E-state index contributed by atoms with van der Waals surface area (Å²) in [5, 5.41) is 1.03. The van der Waals surface area contributed by atoms with Crippen molar-refractivity contribution in [3.8, 4) is 0 Å². The fourth-order valence-corrected chi connectivity index (χ4v) is 4.93. The monoisotopic (exact) mass is 396 g/mol. The number of aromatic nitrogens is 1. The second-order valence-corrected chi connectivity index (χ2v) is 8.86. The topological polar surface area (TPSA) is 62.4 Å². The van der Waals surface area contributed by atoms with Gasteiger partial charge in [-0.2, -0.15) is 0 Å². The summed E-state index contributed by atoms with van der Waals surface area (Å²) in [5.41, 5.74) is 3.68. The molecule has 1 aliphatic carbocycles. The molecule has 1 amide bonds. The van der Waals surface area contributed by atoms with Crippen LogP contribution in [0.4, 0.5) is 0 Å². The molecule has 1 N–H and O–H groups in total. The normalized spacial score (nSPS) is 20.3. The van der Waals surface area contributed by atoms with Crippen molar-refractivity contribution in [1.29, 1.82) is 0 Å². The fourth-order valence-electron chi connectivity index (χ4n) is 4.93. The van der Waals surface area contributed by atoms with E-state index in [0.29, 0.717) is 18.7 Å². The largest absolute Gasteiger partial charge is 0.376 e. The van der Waals surface area contributed by atoms with Gasteiger partial charge in [0.2, 0.25) is 5.91 Å². The van der Waals surface area contributed by atoms with Crippen molar-refractivity contribution < 1.29 is 9.53 Å². The summed E-state index contributed by atoms with van der Waals surface area (Å²) in [4.78, 5) is 31.1. The number of fused-ring (bicyclic) bond motifs is 1. The summed E-state index contributed by atoms with van der Waals surface area (Å²) in [6, 6.07) is 6.13. The lowest BCUT2D eigenvalue weighted by atomic mass is 9.88. The molecule has 1 atom stereocenters. The van der Waals surface area contributed by atoms with Gasteiger partial charge in [-0.1, -0.05) is 30.9 Å². The van der Waals surface area contributed by atoms with Crippen molar-refractivity contribution in [2.24, 2.45) is 5.92 Å². The molecule has 1 aliphatic heterocycles. The highest BCUT2D eigenvalue weighted by molar-refractivity contribution is 5.83. The number of ether oxygens (including phenoxy) is 1. The van der Waals surface area contributed by atoms with Crippen molar-refractivity contribution >= 4 is 16.8 Å². The van der Waals surface area contributed by atoms with E-state index < -0.39 is 0 Å². The first-order valence-corrected chi connectivity index (χ1v) is 11.0. The smallest absolute Gasteiger partial charge is 0.253 e. The quantitative estimate of drug-likeness (QED) is 0.822. The summed E-state index contributed by atoms with van der Waals surface area (Å²) in [5.74, 6) is 0.286. The predicted octanol–water partition coefficient (Wildman–Crippen LogP) is 4.23. The highest BCUT2D eigenvalue weighted by atomic mass is 16.5. The highest BCUT2D eigenvalue weighted by Crippen LogP contribution is 2.27. The predicted molar refractivity (Wildman–Crippen MR) is 115 cm³/mol. The first-order chi connectivity index (χ1) is 14.0. The third-order valence-electron chi connectivity index (χ3n) is 6.45. The van der Waals surface area contributed by atoms with Crippen LogP contribution in [0.1, 0.15) is 61.6 Å². The molecule has 156 valence electrons. The molecule has 0 bridgehead atoms. The van der Waals surface area contributed by atoms with Crippen LogP contribution in [0.15, 0.2) is 23.0 Å². The molecular weight excluding hydrogens is 364 g/mol. The van der Waals surface area contributed by atoms with Gasteiger partial charge in [-0.25, -0.2) is 0 Å². The minimum atomic E-state index is -0.0989. The SMILES string of the molecule is Cc1cc(C)c2[nH]c(=O)c(CN(C[C@H]3CCCO3)C(=O)C3CCCCC3)cc2c1. The van der Waals surface area contributed by atoms with E-state index in [4.69, 9.17) is 4.74 Å². The van der Waals surface area contributed by atoms with E-state index in [1.54, 1.807) is 0 Å². The van der Waals surface area contributed by atoms with Gasteiger partial charge >= 0.3 is 0 Å². The highest BCUT2D eigenvalue weighted by Gasteiger charge is 2.29. The van der Waals surface area contributed by atoms with Crippen LogP contribution in [-0.2, 0) is 16.1 Å². The molecule has 1 saturated carbocycles. The minimum Gasteiger partial charge on any atom is -0.376 e. The van der Waals surface area contributed by atoms with E-state index in [9.17, 15) is 9.59 Å². The van der Waals surface area contributed by atoms with Gasteiger partial charge in [-0.05, 0) is 62.6 Å². The average molecular weight is 397 g/mol. The van der Waals surface area contributed by atoms with Crippen molar-refractivity contribution in [2.45, 2.75) is 71.4 Å². The van der Waals surface area contributed by atoms with Gasteiger partial charge in [0.1, 0.15) is 0 Å². The van der Waals surface area contributed by atoms with Crippen LogP contribution >= 0.6 is 0 Å². The summed E-state index contributed by atoms with van der Waals surface area (Å²) in [6.07, 6.45) is 7.52. The zero-order valence-corrected chi connectivity index (χ0v) is 17.6. The molecule has 2 fully saturated rings. The Labute approximate surface area is 172 Å². The van der Waals surface area contributed by atoms with E-state index in [1.165, 1.54) is 12.0 Å². The Bertz CT molecular complexity index is 937. The number of H-pyrrole nitrogens is 1. The van der Waals surface area contributed by atoms with Crippen LogP contribution in [-0.4, -0.2) is 35.0 Å². The Balaban J connectivity index is 1.62. The summed E-state index contributed by atoms with van der Waals surface area (Å²) < 4.78 is 5.81. The molecule has 5 nitrogen and oxygen atoms in total. The van der Waals surface area contributed by atoms with Gasteiger partial charge in [-0.15, -0.1) is 0 Å². The number of carbonyl (C=O) groups is 1. The summed E-state index contributed by atoms with van der Waals surface area (Å²) in [6.45, 7) is 5.78. The van der Waals surface area contributed by atoms with E-state index in [-0.39, 0.29) is 23.5 Å². The first kappa shape index (κ1) is 20.1. The second-order valence-electron chi connectivity index (χ2n) is 8.86. The van der Waals surface area contributed by atoms with Crippen LogP contribution in [0.25, 0.3) is 10.9 Å². The lowest BCUT2D eigenvalue weighted by molar-refractivity contribution is -0.138. The van der Waals surface area contributed by atoms with Crippen LogP contribution in [0, 0.1) is 19.8 Å². The Kier molecular flexibility index (Phi) is 6.04. The number of hydrogen-bond acceptors (Lipinski definition) is 3. The molecular formula is C24H32N2O3. The van der Waals surface area contributed by atoms with E-state index in [2.05, 4.69) is 24.0 Å². The maximum absolute atomic E-state index is 13.3. The van der Waals surface area contributed by atoms with Crippen LogP contribution < -0.4 is 5.56 Å². The second kappa shape index (κ2) is 8.70. The van der Waals surface area contributed by atoms with Gasteiger partial charge in [0.15, 0.2) is 0 Å². The molecule has 0 spiro atoms. The molecule has 2 aromatic rings. The number of pyridine rings is 1. The Hall–Kier alpha value is -2.14. The van der Waals surface area contributed by atoms with Crippen molar-refractivity contribution in [3.63, 3.8) is 0 Å². The third kappa shape index (κ3) is 4.55. The standard InChI is InChI=1S/C24H32N2O3/c1-16-11-17(2)22-19(12-16)13-20(23(27)25-22)14-26(15-21-9-6-10-29-21)24(28)18-7-4-3-5-8-18/h11-13,18,21H,3-10,14-15H2,1-2H3,(H,25,27)/t21-/m1/s1. The number of aromatic amines is 1. The van der Waals surface area contributed by atoms with Crippen molar-refractivity contribution in [1.82, 2.24) is 9.88 Å². The number of rotatable bonds is 5. The molecule has 0 radical (unpaired) electrons. The zero-order chi connectivity index (χ0) is 20.4. The summed E-state index contributed by atoms with van der Waals surface area (Å²) in [7, 11) is 0. The molecule has 1 aromatic carbocycles. The maximum atomic E-state index is 13.3.